The monoisotopic (exact) mass is 174 g/mol. The minimum atomic E-state index is 0. The van der Waals surface area contributed by atoms with Crippen LogP contribution in [0, 0.1) is 0 Å². The van der Waals surface area contributed by atoms with Crippen molar-refractivity contribution in [1.29, 1.82) is 0 Å². The van der Waals surface area contributed by atoms with Crippen LogP contribution in [0.1, 0.15) is 0 Å². The van der Waals surface area contributed by atoms with Crippen molar-refractivity contribution in [2.24, 2.45) is 0 Å². The van der Waals surface area contributed by atoms with Crippen LogP contribution in [0.25, 0.3) is 0 Å². The first kappa shape index (κ1) is 31.8. The molecule has 0 aliphatic carbocycles. The summed E-state index contributed by atoms with van der Waals surface area (Å²) < 4.78 is 0. The molecule has 0 fully saturated rings. The molecule has 0 spiro atoms. The van der Waals surface area contributed by atoms with Crippen LogP contribution < -0.4 is 24.8 Å². The zero-order chi connectivity index (χ0) is 0. The van der Waals surface area contributed by atoms with Crippen molar-refractivity contribution < 1.29 is 44.3 Å². The summed E-state index contributed by atoms with van der Waals surface area (Å²) in [6, 6.07) is 0. The molecule has 0 atom stereocenters. The molecule has 0 heterocycles. The van der Waals surface area contributed by atoms with Gasteiger partial charge in [-0.05, 0) is 0 Å². The fourth-order valence-corrected chi connectivity index (χ4v) is 0. The third-order valence-electron chi connectivity index (χ3n) is 0. The number of halogens is 2. The summed E-state index contributed by atoms with van der Waals surface area (Å²) in [5, 5.41) is 0. The summed E-state index contributed by atoms with van der Waals surface area (Å²) in [5.74, 6) is 0. The van der Waals surface area contributed by atoms with Gasteiger partial charge in [-0.2, -0.15) is 0 Å². The van der Waals surface area contributed by atoms with E-state index in [4.69, 9.17) is 0 Å². The van der Waals surface area contributed by atoms with E-state index in [1.807, 2.05) is 0 Å². The van der Waals surface area contributed by atoms with Crippen molar-refractivity contribution in [1.82, 2.24) is 0 Å². The summed E-state index contributed by atoms with van der Waals surface area (Å²) in [4.78, 5) is 0. The van der Waals surface area contributed by atoms with Crippen LogP contribution in [0.2, 0.25) is 0 Å². The van der Waals surface area contributed by atoms with Gasteiger partial charge in [0.05, 0.1) is 0 Å². The van der Waals surface area contributed by atoms with Crippen LogP contribution in [0.4, 0.5) is 0 Å². The minimum Gasteiger partial charge on any atom is -1.00 e. The summed E-state index contributed by atoms with van der Waals surface area (Å²) >= 11 is 0. The standard InChI is InChI=1S/Ca.2ClH.Zn/h;2*1H;/q+2;;;+2/p-2. The molecule has 0 aliphatic rings. The summed E-state index contributed by atoms with van der Waals surface area (Å²) in [7, 11) is 0. The molecule has 0 N–H and O–H groups in total. The van der Waals surface area contributed by atoms with E-state index in [1.54, 1.807) is 0 Å². The molecule has 0 radical (unpaired) electrons. The number of hydrogen-bond acceptors (Lipinski definition) is 0. The van der Waals surface area contributed by atoms with E-state index >= 15 is 0 Å². The van der Waals surface area contributed by atoms with Gasteiger partial charge >= 0.3 is 57.2 Å². The second-order valence-corrected chi connectivity index (χ2v) is 0. The first-order chi connectivity index (χ1) is 0. The average molecular weight is 176 g/mol. The minimum absolute atomic E-state index is 0. The molecule has 0 aromatic rings. The Morgan fingerprint density at radius 2 is 0.750 bits per heavy atom. The van der Waals surface area contributed by atoms with Crippen LogP contribution >= 0.6 is 0 Å². The van der Waals surface area contributed by atoms with E-state index in [9.17, 15) is 0 Å². The van der Waals surface area contributed by atoms with Gasteiger partial charge in [-0.1, -0.05) is 0 Å². The van der Waals surface area contributed by atoms with Gasteiger partial charge in [0.25, 0.3) is 0 Å². The maximum Gasteiger partial charge on any atom is 2.00 e. The first-order valence-corrected chi connectivity index (χ1v) is 0. The Bertz CT molecular complexity index is 6.00. The Morgan fingerprint density at radius 1 is 0.750 bits per heavy atom. The Morgan fingerprint density at radius 3 is 0.750 bits per heavy atom. The smallest absolute Gasteiger partial charge is 1.00 e. The molecule has 0 aromatic heterocycles. The van der Waals surface area contributed by atoms with Crippen LogP contribution in [0.15, 0.2) is 0 Å². The van der Waals surface area contributed by atoms with Crippen molar-refractivity contribution in [3.63, 3.8) is 0 Å². The molecular formula is CaCl2Zn+2. The van der Waals surface area contributed by atoms with E-state index in [1.165, 1.54) is 0 Å². The van der Waals surface area contributed by atoms with E-state index < -0.39 is 0 Å². The number of hydrogen-bond donors (Lipinski definition) is 0. The van der Waals surface area contributed by atoms with Crippen molar-refractivity contribution in [3.05, 3.63) is 0 Å². The summed E-state index contributed by atoms with van der Waals surface area (Å²) in [6.07, 6.45) is 0. The average Bonchev–Trinajstić information content (AvgIpc) is 0. The molecule has 0 unspecified atom stereocenters. The maximum atomic E-state index is 0. The fourth-order valence-electron chi connectivity index (χ4n) is 0. The molecule has 0 bridgehead atoms. The first-order valence-electron chi connectivity index (χ1n) is 0. The maximum absolute atomic E-state index is 0. The summed E-state index contributed by atoms with van der Waals surface area (Å²) in [6.45, 7) is 0. The molecule has 16 valence electrons. The predicted octanol–water partition coefficient (Wildman–Crippen LogP) is -6.38. The van der Waals surface area contributed by atoms with Crippen molar-refractivity contribution >= 4 is 37.7 Å². The predicted molar refractivity (Wildman–Crippen MR) is 5.75 cm³/mol. The summed E-state index contributed by atoms with van der Waals surface area (Å²) in [5.41, 5.74) is 0. The van der Waals surface area contributed by atoms with E-state index in [0.717, 1.165) is 0 Å². The number of rotatable bonds is 0. The third kappa shape index (κ3) is 8.82. The van der Waals surface area contributed by atoms with Gasteiger partial charge in [0.2, 0.25) is 0 Å². The fraction of sp³-hybridized carbons (Fsp3) is 0. The largest absolute Gasteiger partial charge is 2.00 e. The molecule has 4 heavy (non-hydrogen) atoms. The van der Waals surface area contributed by atoms with Crippen molar-refractivity contribution in [2.45, 2.75) is 0 Å². The van der Waals surface area contributed by atoms with E-state index in [2.05, 4.69) is 0 Å². The van der Waals surface area contributed by atoms with Crippen LogP contribution in [-0.4, -0.2) is 37.7 Å². The van der Waals surface area contributed by atoms with Crippen molar-refractivity contribution in [3.8, 4) is 0 Å². The zero-order valence-electron chi connectivity index (χ0n) is 2.17. The topological polar surface area (TPSA) is 0 Å². The van der Waals surface area contributed by atoms with E-state index in [0.29, 0.717) is 0 Å². The molecule has 0 aromatic carbocycles. The van der Waals surface area contributed by atoms with Gasteiger partial charge in [-0.25, -0.2) is 0 Å². The molecular weight excluding hydrogens is 176 g/mol. The third-order valence-corrected chi connectivity index (χ3v) is 0. The molecule has 0 nitrogen and oxygen atoms in total. The van der Waals surface area contributed by atoms with Gasteiger partial charge in [0, 0.05) is 0 Å². The van der Waals surface area contributed by atoms with Crippen LogP contribution in [-0.2, 0) is 19.5 Å². The van der Waals surface area contributed by atoms with Crippen LogP contribution in [0.5, 0.6) is 0 Å². The van der Waals surface area contributed by atoms with E-state index in [-0.39, 0.29) is 82.0 Å². The van der Waals surface area contributed by atoms with Gasteiger partial charge in [-0.3, -0.25) is 0 Å². The van der Waals surface area contributed by atoms with Gasteiger partial charge < -0.3 is 24.8 Å². The zero-order valence-corrected chi connectivity index (χ0v) is 8.86. The SMILES string of the molecule is [Ca+2].[Cl-].[Cl-].[Zn+2]. The molecule has 0 rings (SSSR count). The van der Waals surface area contributed by atoms with Gasteiger partial charge in [0.15, 0.2) is 0 Å². The molecule has 0 saturated carbocycles. The quantitative estimate of drug-likeness (QED) is 0.322. The van der Waals surface area contributed by atoms with Gasteiger partial charge in [-0.15, -0.1) is 0 Å². The molecule has 0 saturated heterocycles. The Labute approximate surface area is 80.7 Å². The van der Waals surface area contributed by atoms with Crippen LogP contribution in [0.3, 0.4) is 0 Å². The normalized spacial score (nSPS) is 0. The van der Waals surface area contributed by atoms with Gasteiger partial charge in [0.1, 0.15) is 0 Å². The Kier molecular flexibility index (Phi) is 143. The Hall–Kier alpha value is 2.46. The second kappa shape index (κ2) is 17.9. The molecule has 4 heteroatoms. The second-order valence-electron chi connectivity index (χ2n) is 0. The Balaban J connectivity index is 0. The molecule has 0 amide bonds. The van der Waals surface area contributed by atoms with Crippen molar-refractivity contribution in [2.75, 3.05) is 0 Å². The molecule has 0 aliphatic heterocycles.